The minimum absolute atomic E-state index is 0.310. The highest BCUT2D eigenvalue weighted by Crippen LogP contribution is 2.41. The largest absolute Gasteiger partial charge is 0.329 e. The smallest absolute Gasteiger partial charge is 0.0488 e. The maximum Gasteiger partial charge on any atom is 0.0488 e. The van der Waals surface area contributed by atoms with Crippen LogP contribution < -0.4 is 5.73 Å². The van der Waals surface area contributed by atoms with E-state index < -0.39 is 0 Å². The molecule has 5 aliphatic heterocycles. The van der Waals surface area contributed by atoms with Gasteiger partial charge < -0.3 is 10.6 Å². The maximum atomic E-state index is 6.32. The average molecular weight is 278 g/mol. The van der Waals surface area contributed by atoms with Crippen LogP contribution in [0.1, 0.15) is 32.1 Å². The van der Waals surface area contributed by atoms with Crippen molar-refractivity contribution in [1.29, 1.82) is 0 Å². The van der Waals surface area contributed by atoms with Gasteiger partial charge in [-0.3, -0.25) is 9.80 Å². The van der Waals surface area contributed by atoms with Crippen LogP contribution in [0, 0.1) is 5.92 Å². The Morgan fingerprint density at radius 3 is 2.30 bits per heavy atom. The summed E-state index contributed by atoms with van der Waals surface area (Å²) in [7, 11) is 0. The molecule has 0 aromatic carbocycles. The molecule has 5 rings (SSSR count). The summed E-state index contributed by atoms with van der Waals surface area (Å²) in [6, 6.07) is 0.816. The molecule has 4 nitrogen and oxygen atoms in total. The molecule has 0 aromatic heterocycles. The molecule has 0 radical (unpaired) electrons. The lowest BCUT2D eigenvalue weighted by atomic mass is 9.71. The minimum atomic E-state index is 0.310. The molecule has 5 heterocycles. The first-order chi connectivity index (χ1) is 9.82. The van der Waals surface area contributed by atoms with Crippen molar-refractivity contribution in [2.24, 2.45) is 11.7 Å². The summed E-state index contributed by atoms with van der Waals surface area (Å²) in [5, 5.41) is 0. The van der Waals surface area contributed by atoms with Gasteiger partial charge in [-0.2, -0.15) is 0 Å². The Morgan fingerprint density at radius 1 is 0.950 bits per heavy atom. The number of rotatable bonds is 3. The van der Waals surface area contributed by atoms with E-state index in [-0.39, 0.29) is 0 Å². The third-order valence-electron chi connectivity index (χ3n) is 6.65. The van der Waals surface area contributed by atoms with Crippen LogP contribution in [0.5, 0.6) is 0 Å². The van der Waals surface area contributed by atoms with Crippen molar-refractivity contribution < 1.29 is 0 Å². The Bertz CT molecular complexity index is 346. The van der Waals surface area contributed by atoms with Gasteiger partial charge in [0.1, 0.15) is 0 Å². The first-order valence-corrected chi connectivity index (χ1v) is 8.73. The fourth-order valence-corrected chi connectivity index (χ4v) is 5.41. The van der Waals surface area contributed by atoms with Gasteiger partial charge in [0.25, 0.3) is 0 Å². The molecule has 0 amide bonds. The molecule has 2 unspecified atom stereocenters. The minimum Gasteiger partial charge on any atom is -0.329 e. The van der Waals surface area contributed by atoms with E-state index in [1.165, 1.54) is 77.9 Å². The number of piperidine rings is 3. The maximum absolute atomic E-state index is 6.32. The fourth-order valence-electron chi connectivity index (χ4n) is 5.41. The van der Waals surface area contributed by atoms with Gasteiger partial charge >= 0.3 is 0 Å². The van der Waals surface area contributed by atoms with Crippen molar-refractivity contribution in [3.8, 4) is 0 Å². The third kappa shape index (κ3) is 2.04. The number of hydrogen-bond donors (Lipinski definition) is 1. The van der Waals surface area contributed by atoms with Crippen LogP contribution >= 0.6 is 0 Å². The lowest BCUT2D eigenvalue weighted by molar-refractivity contribution is -0.0595. The topological polar surface area (TPSA) is 35.7 Å². The van der Waals surface area contributed by atoms with Crippen molar-refractivity contribution in [1.82, 2.24) is 14.7 Å². The molecule has 0 saturated carbocycles. The molecular formula is C16H30N4. The van der Waals surface area contributed by atoms with Gasteiger partial charge in [-0.15, -0.1) is 0 Å². The Labute approximate surface area is 123 Å². The molecule has 0 aliphatic carbocycles. The molecule has 114 valence electrons. The predicted octanol–water partition coefficient (Wildman–Crippen LogP) is 0.580. The standard InChI is InChI=1S/C16H30N4/c17-12-16(13-18-8-3-14(16)4-9-18)20-10-5-15(11-20)19-6-1-2-7-19/h14-15H,1-13,17H2. The number of nitrogens with two attached hydrogens (primary N) is 1. The molecule has 0 spiro atoms. The predicted molar refractivity (Wildman–Crippen MR) is 81.7 cm³/mol. The summed E-state index contributed by atoms with van der Waals surface area (Å²) in [4.78, 5) is 8.20. The summed E-state index contributed by atoms with van der Waals surface area (Å²) >= 11 is 0. The Hall–Kier alpha value is -0.160. The summed E-state index contributed by atoms with van der Waals surface area (Å²) in [5.74, 6) is 0.856. The van der Waals surface area contributed by atoms with Crippen LogP contribution in [0.4, 0.5) is 0 Å². The quantitative estimate of drug-likeness (QED) is 0.819. The zero-order valence-corrected chi connectivity index (χ0v) is 12.8. The second-order valence-corrected chi connectivity index (χ2v) is 7.49. The van der Waals surface area contributed by atoms with E-state index in [2.05, 4.69) is 14.7 Å². The van der Waals surface area contributed by atoms with Gasteiger partial charge in [0.2, 0.25) is 0 Å². The molecule has 2 bridgehead atoms. The zero-order valence-electron chi connectivity index (χ0n) is 12.8. The van der Waals surface area contributed by atoms with Gasteiger partial charge in [-0.1, -0.05) is 0 Å². The first kappa shape index (κ1) is 13.5. The Balaban J connectivity index is 1.48. The number of hydrogen-bond acceptors (Lipinski definition) is 4. The fraction of sp³-hybridized carbons (Fsp3) is 1.00. The lowest BCUT2D eigenvalue weighted by Gasteiger charge is -2.57. The van der Waals surface area contributed by atoms with Gasteiger partial charge in [0.05, 0.1) is 0 Å². The third-order valence-corrected chi connectivity index (χ3v) is 6.65. The second-order valence-electron chi connectivity index (χ2n) is 7.49. The van der Waals surface area contributed by atoms with Gasteiger partial charge in [0.15, 0.2) is 0 Å². The average Bonchev–Trinajstić information content (AvgIpc) is 3.19. The highest BCUT2D eigenvalue weighted by Gasteiger charge is 2.51. The van der Waals surface area contributed by atoms with Crippen molar-refractivity contribution in [3.63, 3.8) is 0 Å². The van der Waals surface area contributed by atoms with E-state index in [0.29, 0.717) is 5.54 Å². The summed E-state index contributed by atoms with van der Waals surface area (Å²) in [5.41, 5.74) is 6.63. The molecule has 0 aromatic rings. The normalized spacial score (nSPS) is 46.4. The van der Waals surface area contributed by atoms with E-state index in [9.17, 15) is 0 Å². The van der Waals surface area contributed by atoms with E-state index in [0.717, 1.165) is 18.5 Å². The molecule has 2 atom stereocenters. The van der Waals surface area contributed by atoms with Crippen LogP contribution in [0.25, 0.3) is 0 Å². The molecule has 20 heavy (non-hydrogen) atoms. The van der Waals surface area contributed by atoms with E-state index in [1.54, 1.807) is 0 Å². The van der Waals surface area contributed by atoms with Gasteiger partial charge in [0, 0.05) is 37.8 Å². The molecular weight excluding hydrogens is 248 g/mol. The SMILES string of the molecule is NCC1(N2CCC(N3CCCC3)C2)CN2CCC1CC2. The van der Waals surface area contributed by atoms with Crippen LogP contribution in [-0.2, 0) is 0 Å². The van der Waals surface area contributed by atoms with Crippen molar-refractivity contribution in [2.75, 3.05) is 52.4 Å². The van der Waals surface area contributed by atoms with Crippen LogP contribution in [0.2, 0.25) is 0 Å². The van der Waals surface area contributed by atoms with Gasteiger partial charge in [-0.25, -0.2) is 0 Å². The van der Waals surface area contributed by atoms with Crippen molar-refractivity contribution in [2.45, 2.75) is 43.7 Å². The Morgan fingerprint density at radius 2 is 1.70 bits per heavy atom. The van der Waals surface area contributed by atoms with Gasteiger partial charge in [-0.05, 0) is 64.2 Å². The lowest BCUT2D eigenvalue weighted by Crippen LogP contribution is -2.69. The molecule has 4 heteroatoms. The summed E-state index contributed by atoms with van der Waals surface area (Å²) < 4.78 is 0. The Kier molecular flexibility index (Phi) is 3.53. The highest BCUT2D eigenvalue weighted by atomic mass is 15.3. The monoisotopic (exact) mass is 278 g/mol. The van der Waals surface area contributed by atoms with E-state index in [1.807, 2.05) is 0 Å². The molecule has 5 saturated heterocycles. The summed E-state index contributed by atoms with van der Waals surface area (Å²) in [6.07, 6.45) is 6.95. The number of fused-ring (bicyclic) bond motifs is 3. The van der Waals surface area contributed by atoms with Crippen molar-refractivity contribution in [3.05, 3.63) is 0 Å². The summed E-state index contributed by atoms with van der Waals surface area (Å²) in [6.45, 7) is 9.96. The first-order valence-electron chi connectivity index (χ1n) is 8.73. The molecule has 2 N–H and O–H groups in total. The molecule has 5 aliphatic rings. The van der Waals surface area contributed by atoms with E-state index in [4.69, 9.17) is 5.73 Å². The van der Waals surface area contributed by atoms with Crippen molar-refractivity contribution >= 4 is 0 Å². The van der Waals surface area contributed by atoms with Crippen LogP contribution in [0.3, 0.4) is 0 Å². The number of likely N-dealkylation sites (tertiary alicyclic amines) is 2. The number of nitrogens with zero attached hydrogens (tertiary/aromatic N) is 3. The molecule has 5 fully saturated rings. The van der Waals surface area contributed by atoms with Crippen LogP contribution in [0.15, 0.2) is 0 Å². The van der Waals surface area contributed by atoms with E-state index >= 15 is 0 Å². The highest BCUT2D eigenvalue weighted by molar-refractivity contribution is 5.08. The second kappa shape index (κ2) is 5.24. The zero-order chi connectivity index (χ0) is 13.6. The van der Waals surface area contributed by atoms with Crippen LogP contribution in [-0.4, -0.2) is 78.6 Å².